The molecule has 2 aromatic carbocycles. The maximum Gasteiger partial charge on any atom is 0.254 e. The minimum atomic E-state index is -3.08. The summed E-state index contributed by atoms with van der Waals surface area (Å²) >= 11 is 0. The lowest BCUT2D eigenvalue weighted by Gasteiger charge is -2.28. The second-order valence-electron chi connectivity index (χ2n) is 6.70. The number of amides is 1. The van der Waals surface area contributed by atoms with E-state index in [9.17, 15) is 13.2 Å². The van der Waals surface area contributed by atoms with Crippen LogP contribution in [0, 0.1) is 6.92 Å². The highest BCUT2D eigenvalue weighted by molar-refractivity contribution is 7.91. The van der Waals surface area contributed by atoms with Crippen LogP contribution in [-0.2, 0) is 16.4 Å². The van der Waals surface area contributed by atoms with Crippen molar-refractivity contribution >= 4 is 15.7 Å². The summed E-state index contributed by atoms with van der Waals surface area (Å²) in [6.07, 6.45) is 0.482. The van der Waals surface area contributed by atoms with Crippen molar-refractivity contribution in [2.24, 2.45) is 0 Å². The van der Waals surface area contributed by atoms with Gasteiger partial charge in [-0.3, -0.25) is 4.79 Å². The van der Waals surface area contributed by atoms with Gasteiger partial charge in [0, 0.05) is 18.2 Å². The van der Waals surface area contributed by atoms with Crippen LogP contribution in [-0.4, -0.2) is 43.9 Å². The Labute approximate surface area is 154 Å². The van der Waals surface area contributed by atoms with E-state index in [0.29, 0.717) is 18.5 Å². The van der Waals surface area contributed by atoms with E-state index in [0.717, 1.165) is 16.9 Å². The predicted molar refractivity (Wildman–Crippen MR) is 101 cm³/mol. The number of methoxy groups -OCH3 is 1. The smallest absolute Gasteiger partial charge is 0.254 e. The Kier molecular flexibility index (Phi) is 5.32. The molecule has 5 nitrogen and oxygen atoms in total. The highest BCUT2D eigenvalue weighted by atomic mass is 32.2. The van der Waals surface area contributed by atoms with Crippen molar-refractivity contribution in [1.29, 1.82) is 0 Å². The summed E-state index contributed by atoms with van der Waals surface area (Å²) in [6.45, 7) is 2.34. The first kappa shape index (κ1) is 18.5. The number of ether oxygens (including phenoxy) is 1. The molecular formula is C20H23NO4S. The molecule has 6 heteroatoms. The predicted octanol–water partition coefficient (Wildman–Crippen LogP) is 2.83. The van der Waals surface area contributed by atoms with E-state index in [1.807, 2.05) is 43.3 Å². The van der Waals surface area contributed by atoms with Gasteiger partial charge in [0.25, 0.3) is 5.91 Å². The fourth-order valence-corrected chi connectivity index (χ4v) is 4.91. The van der Waals surface area contributed by atoms with Crippen molar-refractivity contribution in [2.75, 3.05) is 18.6 Å². The Morgan fingerprint density at radius 3 is 2.31 bits per heavy atom. The third kappa shape index (κ3) is 4.25. The third-order valence-electron chi connectivity index (χ3n) is 4.72. The van der Waals surface area contributed by atoms with Gasteiger partial charge in [-0.1, -0.05) is 29.8 Å². The van der Waals surface area contributed by atoms with Crippen molar-refractivity contribution in [3.63, 3.8) is 0 Å². The zero-order valence-electron chi connectivity index (χ0n) is 15.0. The fraction of sp³-hybridized carbons (Fsp3) is 0.350. The molecule has 1 heterocycles. The maximum absolute atomic E-state index is 13.1. The van der Waals surface area contributed by atoms with E-state index in [4.69, 9.17) is 4.74 Å². The molecule has 0 spiro atoms. The lowest BCUT2D eigenvalue weighted by molar-refractivity contribution is 0.0681. The number of carbonyl (C=O) groups excluding carboxylic acids is 1. The SMILES string of the molecule is COc1ccc(CN(C(=O)c2ccc(C)cc2)[C@H]2CCS(=O)(=O)C2)cc1. The normalized spacial score (nSPS) is 18.5. The number of benzene rings is 2. The molecule has 2 aromatic rings. The average Bonchev–Trinajstić information content (AvgIpc) is 3.00. The summed E-state index contributed by atoms with van der Waals surface area (Å²) in [5.41, 5.74) is 2.59. The lowest BCUT2D eigenvalue weighted by Crippen LogP contribution is -2.40. The molecule has 3 rings (SSSR count). The average molecular weight is 373 g/mol. The van der Waals surface area contributed by atoms with Gasteiger partial charge in [-0.05, 0) is 43.2 Å². The molecule has 0 radical (unpaired) electrons. The van der Waals surface area contributed by atoms with Gasteiger partial charge in [0.05, 0.1) is 18.6 Å². The molecule has 1 atom stereocenters. The largest absolute Gasteiger partial charge is 0.497 e. The molecule has 1 saturated heterocycles. The monoisotopic (exact) mass is 373 g/mol. The first-order chi connectivity index (χ1) is 12.4. The molecule has 26 heavy (non-hydrogen) atoms. The van der Waals surface area contributed by atoms with Crippen molar-refractivity contribution in [2.45, 2.75) is 25.9 Å². The Hall–Kier alpha value is -2.34. The zero-order valence-corrected chi connectivity index (χ0v) is 15.8. The second-order valence-corrected chi connectivity index (χ2v) is 8.93. The molecule has 0 aromatic heterocycles. The molecule has 1 aliphatic heterocycles. The second kappa shape index (κ2) is 7.50. The van der Waals surface area contributed by atoms with Crippen LogP contribution in [0.4, 0.5) is 0 Å². The summed E-state index contributed by atoms with van der Waals surface area (Å²) in [5.74, 6) is 0.773. The van der Waals surface area contributed by atoms with Gasteiger partial charge in [-0.2, -0.15) is 0 Å². The van der Waals surface area contributed by atoms with Crippen molar-refractivity contribution in [3.05, 3.63) is 65.2 Å². The quantitative estimate of drug-likeness (QED) is 0.808. The Morgan fingerprint density at radius 1 is 1.12 bits per heavy atom. The fourth-order valence-electron chi connectivity index (χ4n) is 3.18. The van der Waals surface area contributed by atoms with Gasteiger partial charge in [-0.25, -0.2) is 8.42 Å². The summed E-state index contributed by atoms with van der Waals surface area (Å²) in [4.78, 5) is 14.8. The van der Waals surface area contributed by atoms with Crippen molar-refractivity contribution in [1.82, 2.24) is 4.90 Å². The van der Waals surface area contributed by atoms with Crippen LogP contribution in [0.3, 0.4) is 0 Å². The molecule has 0 N–H and O–H groups in total. The summed E-state index contributed by atoms with van der Waals surface area (Å²) < 4.78 is 29.0. The van der Waals surface area contributed by atoms with Crippen LogP contribution in [0.25, 0.3) is 0 Å². The van der Waals surface area contributed by atoms with Gasteiger partial charge in [0.15, 0.2) is 9.84 Å². The topological polar surface area (TPSA) is 63.7 Å². The highest BCUT2D eigenvalue weighted by Gasteiger charge is 2.35. The number of rotatable bonds is 5. The molecule has 1 aliphatic rings. The molecule has 0 unspecified atom stereocenters. The summed E-state index contributed by atoms with van der Waals surface area (Å²) in [7, 11) is -1.48. The Morgan fingerprint density at radius 2 is 1.77 bits per heavy atom. The van der Waals surface area contributed by atoms with E-state index < -0.39 is 9.84 Å². The maximum atomic E-state index is 13.1. The molecule has 0 aliphatic carbocycles. The van der Waals surface area contributed by atoms with Gasteiger partial charge < -0.3 is 9.64 Å². The van der Waals surface area contributed by atoms with Crippen LogP contribution in [0.2, 0.25) is 0 Å². The van der Waals surface area contributed by atoms with E-state index in [2.05, 4.69) is 0 Å². The molecule has 0 saturated carbocycles. The van der Waals surface area contributed by atoms with E-state index in [-0.39, 0.29) is 23.5 Å². The Bertz CT molecular complexity index is 873. The van der Waals surface area contributed by atoms with Crippen LogP contribution >= 0.6 is 0 Å². The molecule has 138 valence electrons. The van der Waals surface area contributed by atoms with E-state index in [1.54, 1.807) is 24.1 Å². The number of nitrogens with zero attached hydrogens (tertiary/aromatic N) is 1. The Balaban J connectivity index is 1.88. The number of hydrogen-bond donors (Lipinski definition) is 0. The molecular weight excluding hydrogens is 350 g/mol. The van der Waals surface area contributed by atoms with Crippen LogP contribution in [0.15, 0.2) is 48.5 Å². The third-order valence-corrected chi connectivity index (χ3v) is 6.47. The number of carbonyl (C=O) groups is 1. The van der Waals surface area contributed by atoms with Crippen molar-refractivity contribution < 1.29 is 17.9 Å². The summed E-state index contributed by atoms with van der Waals surface area (Å²) in [5, 5.41) is 0. The lowest BCUT2D eigenvalue weighted by atomic mass is 10.1. The van der Waals surface area contributed by atoms with Crippen LogP contribution in [0.1, 0.15) is 27.9 Å². The minimum absolute atomic E-state index is 0.0285. The minimum Gasteiger partial charge on any atom is -0.497 e. The summed E-state index contributed by atoms with van der Waals surface area (Å²) in [6, 6.07) is 14.6. The van der Waals surface area contributed by atoms with Gasteiger partial charge in [0.1, 0.15) is 5.75 Å². The zero-order chi connectivity index (χ0) is 18.7. The van der Waals surface area contributed by atoms with Crippen LogP contribution in [0.5, 0.6) is 5.75 Å². The van der Waals surface area contributed by atoms with E-state index >= 15 is 0 Å². The first-order valence-corrected chi connectivity index (χ1v) is 10.4. The van der Waals surface area contributed by atoms with Gasteiger partial charge in [-0.15, -0.1) is 0 Å². The number of hydrogen-bond acceptors (Lipinski definition) is 4. The first-order valence-electron chi connectivity index (χ1n) is 8.59. The highest BCUT2D eigenvalue weighted by Crippen LogP contribution is 2.23. The van der Waals surface area contributed by atoms with E-state index in [1.165, 1.54) is 0 Å². The van der Waals surface area contributed by atoms with Crippen molar-refractivity contribution in [3.8, 4) is 5.75 Å². The molecule has 1 fully saturated rings. The standard InChI is InChI=1S/C20H23NO4S/c1-15-3-7-17(8-4-15)20(22)21(18-11-12-26(23,24)14-18)13-16-5-9-19(25-2)10-6-16/h3-10,18H,11-14H2,1-2H3/t18-/m0/s1. The molecule has 1 amide bonds. The van der Waals surface area contributed by atoms with Crippen LogP contribution < -0.4 is 4.74 Å². The van der Waals surface area contributed by atoms with Gasteiger partial charge in [0.2, 0.25) is 0 Å². The number of sulfone groups is 1. The molecule has 0 bridgehead atoms. The van der Waals surface area contributed by atoms with Gasteiger partial charge >= 0.3 is 0 Å². The number of aryl methyl sites for hydroxylation is 1.